The third-order valence-electron chi connectivity index (χ3n) is 3.09. The van der Waals surface area contributed by atoms with E-state index in [0.29, 0.717) is 14.9 Å². The molecule has 0 saturated heterocycles. The molecular formula is C15H15Cl2NO2S. The van der Waals surface area contributed by atoms with Crippen molar-refractivity contribution in [2.24, 2.45) is 0 Å². The van der Waals surface area contributed by atoms with Crippen LogP contribution in [0.4, 0.5) is 0 Å². The summed E-state index contributed by atoms with van der Waals surface area (Å²) in [6.07, 6.45) is -0.259. The Kier molecular flexibility index (Phi) is 5.65. The first kappa shape index (κ1) is 16.3. The Labute approximate surface area is 137 Å². The van der Waals surface area contributed by atoms with Crippen molar-refractivity contribution in [3.8, 4) is 0 Å². The normalized spacial score (nSPS) is 13.7. The van der Waals surface area contributed by atoms with Gasteiger partial charge in [0.25, 0.3) is 5.91 Å². The van der Waals surface area contributed by atoms with Gasteiger partial charge in [0.1, 0.15) is 11.0 Å². The summed E-state index contributed by atoms with van der Waals surface area (Å²) in [6, 6.07) is 8.87. The fourth-order valence-electron chi connectivity index (χ4n) is 2.09. The smallest absolute Gasteiger partial charge is 0.263 e. The third-order valence-corrected chi connectivity index (χ3v) is 4.68. The lowest BCUT2D eigenvalue weighted by Crippen LogP contribution is -2.37. The Morgan fingerprint density at radius 1 is 1.24 bits per heavy atom. The van der Waals surface area contributed by atoms with Crippen LogP contribution >= 0.6 is 34.5 Å². The molecule has 112 valence electrons. The molecule has 0 radical (unpaired) electrons. The summed E-state index contributed by atoms with van der Waals surface area (Å²) in [5.74, 6) is -0.196. The van der Waals surface area contributed by atoms with E-state index >= 15 is 0 Å². The minimum absolute atomic E-state index is 0.196. The summed E-state index contributed by atoms with van der Waals surface area (Å²) < 4.78 is 5.50. The fourth-order valence-corrected chi connectivity index (χ4v) is 3.26. The summed E-state index contributed by atoms with van der Waals surface area (Å²) >= 11 is 13.2. The molecule has 0 aliphatic carbocycles. The lowest BCUT2D eigenvalue weighted by molar-refractivity contribution is 0.0647. The Bertz CT molecular complexity index is 612. The van der Waals surface area contributed by atoms with Gasteiger partial charge in [0.15, 0.2) is 0 Å². The molecule has 1 aromatic heterocycles. The molecule has 0 saturated carbocycles. The molecule has 21 heavy (non-hydrogen) atoms. The van der Waals surface area contributed by atoms with Crippen molar-refractivity contribution < 1.29 is 9.53 Å². The number of nitrogens with one attached hydrogen (secondary N) is 1. The number of hydrogen-bond donors (Lipinski definition) is 1. The topological polar surface area (TPSA) is 38.3 Å². The number of amides is 1. The van der Waals surface area contributed by atoms with E-state index in [1.54, 1.807) is 30.7 Å². The molecule has 1 aromatic carbocycles. The summed E-state index contributed by atoms with van der Waals surface area (Å²) in [5, 5.41) is 5.83. The second-order valence-electron chi connectivity index (χ2n) is 4.57. The van der Waals surface area contributed by atoms with Crippen molar-refractivity contribution >= 4 is 40.4 Å². The Morgan fingerprint density at radius 2 is 1.90 bits per heavy atom. The molecule has 0 unspecified atom stereocenters. The van der Waals surface area contributed by atoms with Crippen molar-refractivity contribution in [3.63, 3.8) is 0 Å². The number of carbonyl (C=O) groups excluding carboxylic acids is 1. The maximum atomic E-state index is 12.2. The molecule has 2 atom stereocenters. The lowest BCUT2D eigenvalue weighted by Gasteiger charge is -2.24. The molecule has 0 bridgehead atoms. The van der Waals surface area contributed by atoms with Gasteiger partial charge in [0.05, 0.1) is 11.1 Å². The van der Waals surface area contributed by atoms with Crippen LogP contribution in [0.15, 0.2) is 35.7 Å². The van der Waals surface area contributed by atoms with Crippen LogP contribution < -0.4 is 5.32 Å². The number of ether oxygens (including phenoxy) is 1. The second kappa shape index (κ2) is 7.27. The highest BCUT2D eigenvalue weighted by molar-refractivity contribution is 7.12. The van der Waals surface area contributed by atoms with Crippen LogP contribution in [-0.2, 0) is 4.74 Å². The molecular weight excluding hydrogens is 329 g/mol. The molecule has 1 heterocycles. The highest BCUT2D eigenvalue weighted by Gasteiger charge is 2.22. The largest absolute Gasteiger partial charge is 0.375 e. The predicted octanol–water partition coefficient (Wildman–Crippen LogP) is 4.56. The van der Waals surface area contributed by atoms with Crippen LogP contribution in [0.25, 0.3) is 0 Å². The summed E-state index contributed by atoms with van der Waals surface area (Å²) in [6.45, 7) is 1.89. The van der Waals surface area contributed by atoms with E-state index in [0.717, 1.165) is 5.56 Å². The average molecular weight is 344 g/mol. The predicted molar refractivity (Wildman–Crippen MR) is 87.5 cm³/mol. The van der Waals surface area contributed by atoms with Crippen molar-refractivity contribution in [1.29, 1.82) is 0 Å². The monoisotopic (exact) mass is 343 g/mol. The van der Waals surface area contributed by atoms with E-state index in [-0.39, 0.29) is 18.1 Å². The van der Waals surface area contributed by atoms with Gasteiger partial charge in [-0.3, -0.25) is 4.79 Å². The summed E-state index contributed by atoms with van der Waals surface area (Å²) in [5.41, 5.74) is 0.951. The molecule has 0 aliphatic rings. The van der Waals surface area contributed by atoms with Crippen LogP contribution in [0.2, 0.25) is 10.0 Å². The number of thiophene rings is 1. The van der Waals surface area contributed by atoms with Gasteiger partial charge in [0, 0.05) is 12.1 Å². The van der Waals surface area contributed by atoms with E-state index < -0.39 is 0 Å². The van der Waals surface area contributed by atoms with E-state index in [1.165, 1.54) is 11.3 Å². The maximum Gasteiger partial charge on any atom is 0.263 e. The average Bonchev–Trinajstić information content (AvgIpc) is 2.88. The minimum Gasteiger partial charge on any atom is -0.375 e. The van der Waals surface area contributed by atoms with Gasteiger partial charge in [-0.2, -0.15) is 0 Å². The van der Waals surface area contributed by atoms with Crippen LogP contribution in [0, 0.1) is 0 Å². The highest BCUT2D eigenvalue weighted by Crippen LogP contribution is 2.25. The summed E-state index contributed by atoms with van der Waals surface area (Å²) in [4.78, 5) is 12.7. The maximum absolute atomic E-state index is 12.2. The van der Waals surface area contributed by atoms with Crippen LogP contribution in [0.1, 0.15) is 28.3 Å². The molecule has 0 spiro atoms. The van der Waals surface area contributed by atoms with E-state index in [4.69, 9.17) is 27.9 Å². The van der Waals surface area contributed by atoms with Gasteiger partial charge in [-0.05, 0) is 36.1 Å². The molecule has 3 nitrogen and oxygen atoms in total. The standard InChI is InChI=1S/C15H15Cl2NO2S/c1-9(18-15(19)14-12(17)7-8-21-14)13(20-2)10-3-5-11(16)6-4-10/h3-9,13H,1-2H3,(H,18,19)/t9-,13-/m0/s1. The molecule has 0 fully saturated rings. The van der Waals surface area contributed by atoms with Crippen molar-refractivity contribution in [3.05, 3.63) is 56.2 Å². The van der Waals surface area contributed by atoms with Crippen LogP contribution in [0.3, 0.4) is 0 Å². The number of methoxy groups -OCH3 is 1. The first-order valence-electron chi connectivity index (χ1n) is 6.35. The van der Waals surface area contributed by atoms with Crippen molar-refractivity contribution in [2.75, 3.05) is 7.11 Å². The zero-order valence-corrected chi connectivity index (χ0v) is 13.9. The molecule has 6 heteroatoms. The number of carbonyl (C=O) groups is 1. The lowest BCUT2D eigenvalue weighted by atomic mass is 10.0. The SMILES string of the molecule is CO[C@H](c1ccc(Cl)cc1)[C@H](C)NC(=O)c1sccc1Cl. The highest BCUT2D eigenvalue weighted by atomic mass is 35.5. The van der Waals surface area contributed by atoms with Gasteiger partial charge in [-0.25, -0.2) is 0 Å². The van der Waals surface area contributed by atoms with E-state index in [2.05, 4.69) is 5.32 Å². The third kappa shape index (κ3) is 3.98. The van der Waals surface area contributed by atoms with Gasteiger partial charge in [0.2, 0.25) is 0 Å². The minimum atomic E-state index is -0.259. The van der Waals surface area contributed by atoms with Gasteiger partial charge >= 0.3 is 0 Å². The van der Waals surface area contributed by atoms with Gasteiger partial charge in [-0.15, -0.1) is 11.3 Å². The van der Waals surface area contributed by atoms with Crippen LogP contribution in [-0.4, -0.2) is 19.1 Å². The van der Waals surface area contributed by atoms with Gasteiger partial charge < -0.3 is 10.1 Å². The number of halogens is 2. The Morgan fingerprint density at radius 3 is 2.43 bits per heavy atom. The number of benzene rings is 1. The van der Waals surface area contributed by atoms with Crippen molar-refractivity contribution in [2.45, 2.75) is 19.1 Å². The molecule has 2 aromatic rings. The number of hydrogen-bond acceptors (Lipinski definition) is 3. The van der Waals surface area contributed by atoms with E-state index in [9.17, 15) is 4.79 Å². The van der Waals surface area contributed by atoms with E-state index in [1.807, 2.05) is 19.1 Å². The quantitative estimate of drug-likeness (QED) is 0.863. The zero-order valence-electron chi connectivity index (χ0n) is 11.6. The Hall–Kier alpha value is -1.07. The second-order valence-corrected chi connectivity index (χ2v) is 6.33. The van der Waals surface area contributed by atoms with Gasteiger partial charge in [-0.1, -0.05) is 35.3 Å². The first-order valence-corrected chi connectivity index (χ1v) is 7.98. The van der Waals surface area contributed by atoms with Crippen molar-refractivity contribution in [1.82, 2.24) is 5.32 Å². The van der Waals surface area contributed by atoms with Crippen LogP contribution in [0.5, 0.6) is 0 Å². The molecule has 1 amide bonds. The summed E-state index contributed by atoms with van der Waals surface area (Å²) in [7, 11) is 1.61. The number of rotatable bonds is 5. The fraction of sp³-hybridized carbons (Fsp3) is 0.267. The molecule has 1 N–H and O–H groups in total. The molecule has 2 rings (SSSR count). The zero-order chi connectivity index (χ0) is 15.4. The Balaban J connectivity index is 2.10. The first-order chi connectivity index (χ1) is 10.0. The molecule has 0 aliphatic heterocycles.